The molecule has 30 heavy (non-hydrogen) atoms. The van der Waals surface area contributed by atoms with Gasteiger partial charge in [0.05, 0.1) is 22.8 Å². The van der Waals surface area contributed by atoms with Gasteiger partial charge in [0, 0.05) is 24.5 Å². The summed E-state index contributed by atoms with van der Waals surface area (Å²) in [6.07, 6.45) is 3.06. The third-order valence-corrected chi connectivity index (χ3v) is 5.95. The van der Waals surface area contributed by atoms with Crippen LogP contribution in [0.3, 0.4) is 0 Å². The van der Waals surface area contributed by atoms with Gasteiger partial charge in [0.25, 0.3) is 0 Å². The first-order valence-electron chi connectivity index (χ1n) is 9.52. The summed E-state index contributed by atoms with van der Waals surface area (Å²) < 4.78 is 5.03. The summed E-state index contributed by atoms with van der Waals surface area (Å²) in [6.45, 7) is 2.36. The van der Waals surface area contributed by atoms with Crippen LogP contribution >= 0.6 is 11.3 Å². The fraction of sp³-hybridized carbons (Fsp3) is 0.250. The second-order valence-corrected chi connectivity index (χ2v) is 7.97. The van der Waals surface area contributed by atoms with Crippen LogP contribution in [0.25, 0.3) is 10.6 Å². The molecule has 2 aliphatic rings. The Hall–Kier alpha value is -3.53. The molecule has 2 amide bonds. The van der Waals surface area contributed by atoms with E-state index in [1.54, 1.807) is 4.90 Å². The van der Waals surface area contributed by atoms with Crippen molar-refractivity contribution in [3.63, 3.8) is 0 Å². The number of ether oxygens (including phenoxy) is 1. The summed E-state index contributed by atoms with van der Waals surface area (Å²) in [5.41, 5.74) is 4.29. The van der Waals surface area contributed by atoms with Crippen LogP contribution in [0.1, 0.15) is 18.2 Å². The van der Waals surface area contributed by atoms with Gasteiger partial charge in [0.15, 0.2) is 5.13 Å². The first kappa shape index (κ1) is 18.5. The Labute approximate surface area is 176 Å². The number of benzene rings is 1. The van der Waals surface area contributed by atoms with E-state index in [9.17, 15) is 9.59 Å². The fourth-order valence-electron chi connectivity index (χ4n) is 3.48. The van der Waals surface area contributed by atoms with Crippen LogP contribution < -0.4 is 15.5 Å². The Morgan fingerprint density at radius 3 is 2.90 bits per heavy atom. The lowest BCUT2D eigenvalue weighted by Crippen LogP contribution is -2.23. The molecule has 0 saturated carbocycles. The zero-order chi connectivity index (χ0) is 20.7. The molecule has 2 aromatic heterocycles. The number of aryl methyl sites for hydroxylation is 2. The molecule has 3 aromatic rings. The highest BCUT2D eigenvalue weighted by molar-refractivity contribution is 7.19. The first-order chi connectivity index (χ1) is 14.6. The average Bonchev–Trinajstić information content (AvgIpc) is 3.33. The number of cyclic esters (lactones) is 1. The van der Waals surface area contributed by atoms with Gasteiger partial charge in [0.2, 0.25) is 11.9 Å². The van der Waals surface area contributed by atoms with Gasteiger partial charge in [-0.05, 0) is 36.6 Å². The van der Waals surface area contributed by atoms with E-state index in [1.807, 2.05) is 30.5 Å². The number of hydrogen-bond donors (Lipinski definition) is 2. The molecule has 9 nitrogen and oxygen atoms in total. The largest absolute Gasteiger partial charge is 0.447 e. The standard InChI is InChI=1S/C20H18N6O3S/c1-11(27)22-13-3-2-4-14(9-13)23-18-21-10-12-5-6-15-17(16(12)25-18)30-19(24-15)26-7-8-29-20(26)28/h2-4,9-10H,5-8H2,1H3,(H,22,27)(H,21,23,25). The highest BCUT2D eigenvalue weighted by atomic mass is 32.1. The van der Waals surface area contributed by atoms with Gasteiger partial charge < -0.3 is 15.4 Å². The maximum Gasteiger partial charge on any atom is 0.416 e. The van der Waals surface area contributed by atoms with Crippen LogP contribution in [-0.4, -0.2) is 40.1 Å². The molecule has 2 N–H and O–H groups in total. The SMILES string of the molecule is CC(=O)Nc1cccc(Nc2ncc3c(n2)-c2sc(N4CCOC4=O)nc2CC3)c1. The van der Waals surface area contributed by atoms with E-state index in [-0.39, 0.29) is 12.0 Å². The molecule has 1 aliphatic carbocycles. The Morgan fingerprint density at radius 1 is 1.23 bits per heavy atom. The summed E-state index contributed by atoms with van der Waals surface area (Å²) in [4.78, 5) is 39.5. The molecule has 0 radical (unpaired) electrons. The third kappa shape index (κ3) is 3.45. The van der Waals surface area contributed by atoms with E-state index in [1.165, 1.54) is 18.3 Å². The predicted octanol–water partition coefficient (Wildman–Crippen LogP) is 3.36. The van der Waals surface area contributed by atoms with Gasteiger partial charge in [-0.1, -0.05) is 17.4 Å². The Balaban J connectivity index is 1.44. The lowest BCUT2D eigenvalue weighted by Gasteiger charge is -2.15. The fourth-order valence-corrected chi connectivity index (χ4v) is 4.64. The van der Waals surface area contributed by atoms with E-state index in [0.29, 0.717) is 29.9 Å². The number of hydrogen-bond acceptors (Lipinski definition) is 8. The highest BCUT2D eigenvalue weighted by Gasteiger charge is 2.30. The van der Waals surface area contributed by atoms with Gasteiger partial charge >= 0.3 is 6.09 Å². The number of anilines is 4. The number of nitrogens with zero attached hydrogens (tertiary/aromatic N) is 4. The van der Waals surface area contributed by atoms with E-state index >= 15 is 0 Å². The summed E-state index contributed by atoms with van der Waals surface area (Å²) in [7, 11) is 0. The topological polar surface area (TPSA) is 109 Å². The quantitative estimate of drug-likeness (QED) is 0.663. The summed E-state index contributed by atoms with van der Waals surface area (Å²) in [6, 6.07) is 7.35. The van der Waals surface area contributed by atoms with E-state index < -0.39 is 0 Å². The zero-order valence-electron chi connectivity index (χ0n) is 16.1. The number of thiazole rings is 1. The molecule has 1 aromatic carbocycles. The monoisotopic (exact) mass is 422 g/mol. The Morgan fingerprint density at radius 2 is 2.10 bits per heavy atom. The highest BCUT2D eigenvalue weighted by Crippen LogP contribution is 2.40. The molecule has 0 bridgehead atoms. The van der Waals surface area contributed by atoms with Crippen molar-refractivity contribution in [2.24, 2.45) is 0 Å². The van der Waals surface area contributed by atoms with Crippen molar-refractivity contribution >= 4 is 45.8 Å². The smallest absolute Gasteiger partial charge is 0.416 e. The number of fused-ring (bicyclic) bond motifs is 3. The second-order valence-electron chi connectivity index (χ2n) is 6.99. The number of aromatic nitrogens is 3. The van der Waals surface area contributed by atoms with Gasteiger partial charge in [-0.3, -0.25) is 4.79 Å². The van der Waals surface area contributed by atoms with Crippen LogP contribution in [0.4, 0.5) is 27.2 Å². The molecule has 1 fully saturated rings. The molecule has 5 rings (SSSR count). The molecule has 152 valence electrons. The molecule has 0 atom stereocenters. The molecule has 0 unspecified atom stereocenters. The van der Waals surface area contributed by atoms with Gasteiger partial charge in [-0.15, -0.1) is 0 Å². The normalized spacial score (nSPS) is 14.7. The Bertz CT molecular complexity index is 1160. The van der Waals surface area contributed by atoms with Crippen LogP contribution in [0, 0.1) is 0 Å². The lowest BCUT2D eigenvalue weighted by molar-refractivity contribution is -0.114. The minimum Gasteiger partial charge on any atom is -0.447 e. The van der Waals surface area contributed by atoms with Gasteiger partial charge in [0.1, 0.15) is 6.61 Å². The van der Waals surface area contributed by atoms with E-state index in [2.05, 4.69) is 20.6 Å². The second kappa shape index (κ2) is 7.38. The zero-order valence-corrected chi connectivity index (χ0v) is 17.0. The van der Waals surface area contributed by atoms with Crippen molar-refractivity contribution in [2.45, 2.75) is 19.8 Å². The number of carbonyl (C=O) groups excluding carboxylic acids is 2. The maximum atomic E-state index is 11.9. The number of amides is 2. The van der Waals surface area contributed by atoms with Crippen LogP contribution in [0.5, 0.6) is 0 Å². The molecular weight excluding hydrogens is 404 g/mol. The van der Waals surface area contributed by atoms with Gasteiger partial charge in [-0.25, -0.2) is 24.6 Å². The summed E-state index contributed by atoms with van der Waals surface area (Å²) in [5, 5.41) is 6.60. The number of carbonyl (C=O) groups is 2. The predicted molar refractivity (Wildman–Crippen MR) is 113 cm³/mol. The van der Waals surface area contributed by atoms with Crippen molar-refractivity contribution in [1.29, 1.82) is 0 Å². The number of nitrogens with one attached hydrogen (secondary N) is 2. The summed E-state index contributed by atoms with van der Waals surface area (Å²) >= 11 is 1.45. The molecule has 10 heteroatoms. The molecule has 1 aliphatic heterocycles. The van der Waals surface area contributed by atoms with Crippen molar-refractivity contribution in [3.8, 4) is 10.6 Å². The lowest BCUT2D eigenvalue weighted by atomic mass is 10.00. The molecular formula is C20H18N6O3S. The van der Waals surface area contributed by atoms with Crippen LogP contribution in [-0.2, 0) is 22.4 Å². The third-order valence-electron chi connectivity index (χ3n) is 4.83. The van der Waals surface area contributed by atoms with Crippen LogP contribution in [0.15, 0.2) is 30.5 Å². The van der Waals surface area contributed by atoms with Crippen molar-refractivity contribution < 1.29 is 14.3 Å². The molecule has 1 saturated heterocycles. The van der Waals surface area contributed by atoms with E-state index in [0.717, 1.165) is 40.4 Å². The molecule has 0 spiro atoms. The molecule has 3 heterocycles. The minimum absolute atomic E-state index is 0.132. The maximum absolute atomic E-state index is 11.9. The summed E-state index contributed by atoms with van der Waals surface area (Å²) in [5.74, 6) is 0.324. The van der Waals surface area contributed by atoms with Crippen molar-refractivity contribution in [1.82, 2.24) is 15.0 Å². The van der Waals surface area contributed by atoms with Crippen LogP contribution in [0.2, 0.25) is 0 Å². The van der Waals surface area contributed by atoms with Crippen molar-refractivity contribution in [3.05, 3.63) is 41.7 Å². The van der Waals surface area contributed by atoms with E-state index in [4.69, 9.17) is 9.72 Å². The van der Waals surface area contributed by atoms with Crippen molar-refractivity contribution in [2.75, 3.05) is 28.7 Å². The first-order valence-corrected chi connectivity index (χ1v) is 10.3. The average molecular weight is 422 g/mol. The number of rotatable bonds is 4. The minimum atomic E-state index is -0.356. The Kier molecular flexibility index (Phi) is 4.55. The van der Waals surface area contributed by atoms with Gasteiger partial charge in [-0.2, -0.15) is 0 Å².